The molecule has 0 amide bonds. The van der Waals surface area contributed by atoms with Crippen molar-refractivity contribution in [3.8, 4) is 5.75 Å². The monoisotopic (exact) mass is 427 g/mol. The molecule has 0 saturated carbocycles. The molecule has 1 N–H and O–H groups in total. The zero-order chi connectivity index (χ0) is 19.2. The highest BCUT2D eigenvalue weighted by Gasteiger charge is 2.18. The predicted molar refractivity (Wildman–Crippen MR) is 109 cm³/mol. The van der Waals surface area contributed by atoms with Crippen LogP contribution in [0.1, 0.15) is 28.4 Å². The molecule has 3 aromatic rings. The Morgan fingerprint density at radius 2 is 1.63 bits per heavy atom. The van der Waals surface area contributed by atoms with Gasteiger partial charge in [0.2, 0.25) is 0 Å². The summed E-state index contributed by atoms with van der Waals surface area (Å²) >= 11 is 3.42. The lowest BCUT2D eigenvalue weighted by atomic mass is 9.97. The van der Waals surface area contributed by atoms with E-state index >= 15 is 0 Å². The predicted octanol–water partition coefficient (Wildman–Crippen LogP) is 6.02. The molecule has 0 radical (unpaired) electrons. The minimum Gasteiger partial charge on any atom is -0.497 e. The molecule has 0 bridgehead atoms. The van der Waals surface area contributed by atoms with Crippen molar-refractivity contribution in [1.29, 1.82) is 0 Å². The topological polar surface area (TPSA) is 38.3 Å². The van der Waals surface area contributed by atoms with Crippen LogP contribution in [0.5, 0.6) is 5.75 Å². The quantitative estimate of drug-likeness (QED) is 0.468. The minimum absolute atomic E-state index is 0.0552. The van der Waals surface area contributed by atoms with Gasteiger partial charge in [0.05, 0.1) is 13.2 Å². The number of Topliss-reactive ketones (excluding diaryl/α,β-unsaturated/α-hetero) is 1. The van der Waals surface area contributed by atoms with Crippen molar-refractivity contribution in [2.75, 3.05) is 12.4 Å². The van der Waals surface area contributed by atoms with Crippen molar-refractivity contribution in [3.05, 3.63) is 94.2 Å². The molecular formula is C22H19BrFNO2. The molecule has 0 aliphatic rings. The Bertz CT molecular complexity index is 893. The van der Waals surface area contributed by atoms with E-state index in [1.165, 1.54) is 24.3 Å². The molecule has 0 fully saturated rings. The maximum absolute atomic E-state index is 13.1. The zero-order valence-electron chi connectivity index (χ0n) is 14.8. The third-order valence-corrected chi connectivity index (χ3v) is 4.79. The zero-order valence-corrected chi connectivity index (χ0v) is 16.4. The summed E-state index contributed by atoms with van der Waals surface area (Å²) < 4.78 is 19.3. The highest BCUT2D eigenvalue weighted by Crippen LogP contribution is 2.27. The van der Waals surface area contributed by atoms with Gasteiger partial charge in [0, 0.05) is 22.1 Å². The summed E-state index contributed by atoms with van der Waals surface area (Å²) in [7, 11) is 1.62. The molecule has 3 aromatic carbocycles. The molecule has 27 heavy (non-hydrogen) atoms. The van der Waals surface area contributed by atoms with Crippen LogP contribution in [0.2, 0.25) is 0 Å². The third-order valence-electron chi connectivity index (χ3n) is 4.26. The van der Waals surface area contributed by atoms with Gasteiger partial charge in [-0.05, 0) is 66.2 Å². The summed E-state index contributed by atoms with van der Waals surface area (Å²) in [5.41, 5.74) is 2.37. The first-order chi connectivity index (χ1) is 13.0. The summed E-state index contributed by atoms with van der Waals surface area (Å²) in [5, 5.41) is 3.42. The number of hydrogen-bond donors (Lipinski definition) is 1. The number of methoxy groups -OCH3 is 1. The van der Waals surface area contributed by atoms with Gasteiger partial charge >= 0.3 is 0 Å². The van der Waals surface area contributed by atoms with E-state index in [4.69, 9.17) is 4.74 Å². The second kappa shape index (κ2) is 8.82. The smallest absolute Gasteiger partial charge is 0.165 e. The first kappa shape index (κ1) is 19.1. The Kier molecular flexibility index (Phi) is 6.24. The molecule has 0 aliphatic carbocycles. The number of carbonyl (C=O) groups excluding carboxylic acids is 1. The third kappa shape index (κ3) is 5.17. The largest absolute Gasteiger partial charge is 0.497 e. The molecule has 0 saturated heterocycles. The van der Waals surface area contributed by atoms with E-state index in [0.717, 1.165) is 21.5 Å². The van der Waals surface area contributed by atoms with E-state index in [-0.39, 0.29) is 24.1 Å². The van der Waals surface area contributed by atoms with Gasteiger partial charge in [0.15, 0.2) is 5.78 Å². The molecule has 3 rings (SSSR count). The van der Waals surface area contributed by atoms with Crippen LogP contribution in [0.4, 0.5) is 10.1 Å². The van der Waals surface area contributed by atoms with Crippen LogP contribution in [0.15, 0.2) is 77.3 Å². The van der Waals surface area contributed by atoms with E-state index in [9.17, 15) is 9.18 Å². The molecular weight excluding hydrogens is 409 g/mol. The first-order valence-corrected chi connectivity index (χ1v) is 9.29. The van der Waals surface area contributed by atoms with Crippen molar-refractivity contribution < 1.29 is 13.9 Å². The minimum atomic E-state index is -0.355. The van der Waals surface area contributed by atoms with Gasteiger partial charge in [-0.15, -0.1) is 0 Å². The Labute approximate surface area is 166 Å². The Hall–Kier alpha value is -2.66. The standard InChI is InChI=1S/C22H19BrFNO2/c1-27-20-12-4-15(5-13-20)21(25-19-10-6-17(23)7-11-19)14-22(26)16-2-8-18(24)9-3-16/h2-13,21,25H,14H2,1H3. The molecule has 0 aromatic heterocycles. The van der Waals surface area contributed by atoms with Gasteiger partial charge in [0.1, 0.15) is 11.6 Å². The lowest BCUT2D eigenvalue weighted by Gasteiger charge is -2.20. The number of carbonyl (C=O) groups is 1. The first-order valence-electron chi connectivity index (χ1n) is 8.50. The maximum Gasteiger partial charge on any atom is 0.165 e. The molecule has 5 heteroatoms. The number of benzene rings is 3. The molecule has 1 unspecified atom stereocenters. The van der Waals surface area contributed by atoms with E-state index in [1.807, 2.05) is 48.5 Å². The summed E-state index contributed by atoms with van der Waals surface area (Å²) in [5.74, 6) is 0.345. The molecule has 3 nitrogen and oxygen atoms in total. The van der Waals surface area contributed by atoms with Crippen LogP contribution < -0.4 is 10.1 Å². The van der Waals surface area contributed by atoms with E-state index in [0.29, 0.717) is 5.56 Å². The van der Waals surface area contributed by atoms with E-state index in [2.05, 4.69) is 21.2 Å². The maximum atomic E-state index is 13.1. The van der Waals surface area contributed by atoms with Gasteiger partial charge in [-0.1, -0.05) is 28.1 Å². The van der Waals surface area contributed by atoms with E-state index in [1.54, 1.807) is 7.11 Å². The fourth-order valence-electron chi connectivity index (χ4n) is 2.77. The number of ketones is 1. The number of rotatable bonds is 7. The number of anilines is 1. The normalized spacial score (nSPS) is 11.7. The van der Waals surface area contributed by atoms with Crippen LogP contribution in [0.25, 0.3) is 0 Å². The van der Waals surface area contributed by atoms with Crippen molar-refractivity contribution in [2.45, 2.75) is 12.5 Å². The van der Waals surface area contributed by atoms with Crippen LogP contribution in [-0.2, 0) is 0 Å². The average Bonchev–Trinajstić information content (AvgIpc) is 2.69. The molecule has 138 valence electrons. The summed E-state index contributed by atoms with van der Waals surface area (Å²) in [6.07, 6.45) is 0.244. The number of halogens is 2. The Balaban J connectivity index is 1.84. The SMILES string of the molecule is COc1ccc(C(CC(=O)c2ccc(F)cc2)Nc2ccc(Br)cc2)cc1. The lowest BCUT2D eigenvalue weighted by Crippen LogP contribution is -2.16. The molecule has 0 heterocycles. The number of hydrogen-bond acceptors (Lipinski definition) is 3. The molecule has 0 spiro atoms. The van der Waals surface area contributed by atoms with Crippen LogP contribution in [0, 0.1) is 5.82 Å². The van der Waals surface area contributed by atoms with Crippen LogP contribution in [-0.4, -0.2) is 12.9 Å². The summed E-state index contributed by atoms with van der Waals surface area (Å²) in [6, 6.07) is 20.8. The van der Waals surface area contributed by atoms with Crippen LogP contribution in [0.3, 0.4) is 0 Å². The van der Waals surface area contributed by atoms with Gasteiger partial charge in [0.25, 0.3) is 0 Å². The summed E-state index contributed by atoms with van der Waals surface area (Å²) in [4.78, 5) is 12.7. The van der Waals surface area contributed by atoms with Gasteiger partial charge in [-0.2, -0.15) is 0 Å². The highest BCUT2D eigenvalue weighted by molar-refractivity contribution is 9.10. The fraction of sp³-hybridized carbons (Fsp3) is 0.136. The molecule has 0 aliphatic heterocycles. The van der Waals surface area contributed by atoms with Crippen molar-refractivity contribution in [3.63, 3.8) is 0 Å². The number of nitrogens with one attached hydrogen (secondary N) is 1. The summed E-state index contributed by atoms with van der Waals surface area (Å²) in [6.45, 7) is 0. The second-order valence-electron chi connectivity index (χ2n) is 6.11. The highest BCUT2D eigenvalue weighted by atomic mass is 79.9. The second-order valence-corrected chi connectivity index (χ2v) is 7.03. The van der Waals surface area contributed by atoms with Crippen molar-refractivity contribution >= 4 is 27.4 Å². The van der Waals surface area contributed by atoms with Crippen LogP contribution >= 0.6 is 15.9 Å². The average molecular weight is 428 g/mol. The van der Waals surface area contributed by atoms with Crippen molar-refractivity contribution in [2.24, 2.45) is 0 Å². The Morgan fingerprint density at radius 3 is 2.22 bits per heavy atom. The van der Waals surface area contributed by atoms with Crippen molar-refractivity contribution in [1.82, 2.24) is 0 Å². The number of ether oxygens (including phenoxy) is 1. The Morgan fingerprint density at radius 1 is 1.00 bits per heavy atom. The van der Waals surface area contributed by atoms with Gasteiger partial charge < -0.3 is 10.1 Å². The van der Waals surface area contributed by atoms with E-state index < -0.39 is 0 Å². The van der Waals surface area contributed by atoms with Gasteiger partial charge in [-0.25, -0.2) is 4.39 Å². The lowest BCUT2D eigenvalue weighted by molar-refractivity contribution is 0.0976. The fourth-order valence-corrected chi connectivity index (χ4v) is 3.04. The molecule has 1 atom stereocenters. The van der Waals surface area contributed by atoms with Gasteiger partial charge in [-0.3, -0.25) is 4.79 Å².